The highest BCUT2D eigenvalue weighted by Crippen LogP contribution is 2.47. The van der Waals surface area contributed by atoms with E-state index in [2.05, 4.69) is 56.1 Å². The molecule has 1 aliphatic heterocycles. The van der Waals surface area contributed by atoms with Gasteiger partial charge >= 0.3 is 5.69 Å². The molecule has 11 heteroatoms. The van der Waals surface area contributed by atoms with E-state index in [-0.39, 0.29) is 18.7 Å². The van der Waals surface area contributed by atoms with Crippen molar-refractivity contribution in [2.75, 3.05) is 27.5 Å². The Morgan fingerprint density at radius 3 is 1.90 bits per heavy atom. The first-order valence-electron chi connectivity index (χ1n) is 16.2. The van der Waals surface area contributed by atoms with Gasteiger partial charge in [-0.1, -0.05) is 54.6 Å². The summed E-state index contributed by atoms with van der Waals surface area (Å²) in [7, 11) is 2.27. The normalized spacial score (nSPS) is 18.8. The maximum absolute atomic E-state index is 12.9. The SMILES string of the molecule is COc1ccc(C(OC[C@H]2O[C@@H](n3ccc(=O)[nH]c3=O)C[C@H]2OP(C)N(C(C)C)C(C)C)(c2ccccc2)c2ccc(OC)cc2)cc1. The second-order valence-electron chi connectivity index (χ2n) is 12.4. The Morgan fingerprint density at radius 2 is 1.40 bits per heavy atom. The summed E-state index contributed by atoms with van der Waals surface area (Å²) in [6, 6.07) is 27.7. The van der Waals surface area contributed by atoms with Gasteiger partial charge in [0.15, 0.2) is 0 Å². The molecule has 2 heterocycles. The molecule has 1 N–H and O–H groups in total. The van der Waals surface area contributed by atoms with Gasteiger partial charge in [-0.2, -0.15) is 0 Å². The number of benzene rings is 3. The van der Waals surface area contributed by atoms with Crippen LogP contribution in [-0.2, 0) is 19.6 Å². The molecule has 10 nitrogen and oxygen atoms in total. The summed E-state index contributed by atoms with van der Waals surface area (Å²) >= 11 is 0. The van der Waals surface area contributed by atoms with Gasteiger partial charge in [-0.05, 0) is 75.3 Å². The first-order chi connectivity index (χ1) is 23.1. The molecule has 0 bridgehead atoms. The molecule has 256 valence electrons. The molecule has 5 rings (SSSR count). The molecule has 0 aliphatic carbocycles. The minimum atomic E-state index is -1.06. The van der Waals surface area contributed by atoms with Crippen molar-refractivity contribution in [2.45, 2.75) is 70.2 Å². The Balaban J connectivity index is 1.57. The van der Waals surface area contributed by atoms with Gasteiger partial charge in [-0.15, -0.1) is 0 Å². The number of ether oxygens (including phenoxy) is 4. The zero-order chi connectivity index (χ0) is 34.4. The lowest BCUT2D eigenvalue weighted by Crippen LogP contribution is -2.39. The van der Waals surface area contributed by atoms with Crippen molar-refractivity contribution in [3.63, 3.8) is 0 Å². The summed E-state index contributed by atoms with van der Waals surface area (Å²) in [6.45, 7) is 10.9. The number of rotatable bonds is 14. The molecule has 1 unspecified atom stereocenters. The van der Waals surface area contributed by atoms with Crippen LogP contribution < -0.4 is 20.7 Å². The Hall–Kier alpha value is -3.79. The van der Waals surface area contributed by atoms with E-state index in [0.29, 0.717) is 6.42 Å². The van der Waals surface area contributed by atoms with E-state index in [0.717, 1.165) is 28.2 Å². The summed E-state index contributed by atoms with van der Waals surface area (Å²) < 4.78 is 35.4. The molecule has 48 heavy (non-hydrogen) atoms. The van der Waals surface area contributed by atoms with E-state index < -0.39 is 43.6 Å². The Kier molecular flexibility index (Phi) is 11.6. The van der Waals surface area contributed by atoms with Crippen molar-refractivity contribution in [1.82, 2.24) is 14.2 Å². The van der Waals surface area contributed by atoms with Crippen molar-refractivity contribution in [3.8, 4) is 11.5 Å². The number of hydrogen-bond donors (Lipinski definition) is 1. The highest BCUT2D eigenvalue weighted by Gasteiger charge is 2.44. The molecule has 3 aromatic carbocycles. The van der Waals surface area contributed by atoms with E-state index in [1.54, 1.807) is 14.2 Å². The molecule has 4 atom stereocenters. The second kappa shape index (κ2) is 15.6. The van der Waals surface area contributed by atoms with Crippen LogP contribution in [-0.4, -0.2) is 66.0 Å². The molecule has 0 spiro atoms. The topological polar surface area (TPSA) is 104 Å². The lowest BCUT2D eigenvalue weighted by Gasteiger charge is -2.39. The van der Waals surface area contributed by atoms with Crippen molar-refractivity contribution >= 4 is 8.30 Å². The van der Waals surface area contributed by atoms with Gasteiger partial charge in [0.2, 0.25) is 0 Å². The third-order valence-electron chi connectivity index (χ3n) is 8.65. The first-order valence-corrected chi connectivity index (χ1v) is 17.9. The maximum atomic E-state index is 12.9. The van der Waals surface area contributed by atoms with Crippen LogP contribution in [0.1, 0.15) is 57.0 Å². The number of H-pyrrole nitrogens is 1. The quantitative estimate of drug-likeness (QED) is 0.123. The average Bonchev–Trinajstić information content (AvgIpc) is 3.47. The highest BCUT2D eigenvalue weighted by atomic mass is 31.2. The number of hydrogen-bond acceptors (Lipinski definition) is 8. The zero-order valence-corrected chi connectivity index (χ0v) is 29.6. The summed E-state index contributed by atoms with van der Waals surface area (Å²) in [4.78, 5) is 27.1. The van der Waals surface area contributed by atoms with Crippen LogP contribution in [0.15, 0.2) is 101 Å². The highest BCUT2D eigenvalue weighted by molar-refractivity contribution is 7.49. The molecule has 0 radical (unpaired) electrons. The predicted molar refractivity (Wildman–Crippen MR) is 188 cm³/mol. The van der Waals surface area contributed by atoms with Crippen LogP contribution in [0.4, 0.5) is 0 Å². The fraction of sp³-hybridized carbons (Fsp3) is 0.405. The smallest absolute Gasteiger partial charge is 0.330 e. The standard InChI is InChI=1S/C37H46N3O7P/c1-25(2)40(26(3)4)48(7)47-32-23-35(39-22-21-34(41)38-36(39)42)46-33(32)24-45-37(27-11-9-8-10-12-27,28-13-17-30(43-5)18-14-28)29-15-19-31(44-6)20-16-29/h8-22,25-26,32-33,35H,23-24H2,1-7H3,(H,38,41,42)/t32-,33-,35-,48?/m1/s1. The van der Waals surface area contributed by atoms with Crippen molar-refractivity contribution in [3.05, 3.63) is 129 Å². The monoisotopic (exact) mass is 675 g/mol. The molecular formula is C37H46N3O7P. The van der Waals surface area contributed by atoms with Gasteiger partial charge in [0, 0.05) is 30.8 Å². The predicted octanol–water partition coefficient (Wildman–Crippen LogP) is 6.30. The number of aromatic amines is 1. The molecule has 4 aromatic rings. The van der Waals surface area contributed by atoms with E-state index in [9.17, 15) is 9.59 Å². The van der Waals surface area contributed by atoms with Crippen molar-refractivity contribution in [2.24, 2.45) is 0 Å². The number of aromatic nitrogens is 2. The fourth-order valence-electron chi connectivity index (χ4n) is 6.56. The Bertz CT molecular complexity index is 1670. The fourth-order valence-corrected chi connectivity index (χ4v) is 8.59. The van der Waals surface area contributed by atoms with E-state index in [1.807, 2.05) is 66.7 Å². The van der Waals surface area contributed by atoms with Gasteiger partial charge in [-0.3, -0.25) is 19.0 Å². The van der Waals surface area contributed by atoms with Crippen LogP contribution >= 0.6 is 8.30 Å². The Morgan fingerprint density at radius 1 is 0.854 bits per heavy atom. The minimum absolute atomic E-state index is 0.138. The molecule has 0 saturated carbocycles. The summed E-state index contributed by atoms with van der Waals surface area (Å²) in [5.41, 5.74) is 0.661. The number of nitrogens with one attached hydrogen (secondary N) is 1. The summed E-state index contributed by atoms with van der Waals surface area (Å²) in [5, 5.41) is 0. The third kappa shape index (κ3) is 7.59. The molecule has 1 aromatic heterocycles. The largest absolute Gasteiger partial charge is 0.497 e. The number of nitrogens with zero attached hydrogens (tertiary/aromatic N) is 2. The van der Waals surface area contributed by atoms with Crippen molar-refractivity contribution < 1.29 is 23.5 Å². The van der Waals surface area contributed by atoms with E-state index >= 15 is 0 Å². The second-order valence-corrected chi connectivity index (χ2v) is 14.0. The minimum Gasteiger partial charge on any atom is -0.497 e. The average molecular weight is 676 g/mol. The van der Waals surface area contributed by atoms with Crippen LogP contribution in [0, 0.1) is 0 Å². The Labute approximate surface area is 283 Å². The molecular weight excluding hydrogens is 629 g/mol. The van der Waals surface area contributed by atoms with E-state index in [1.165, 1.54) is 16.8 Å². The van der Waals surface area contributed by atoms with E-state index in [4.69, 9.17) is 23.5 Å². The summed E-state index contributed by atoms with van der Waals surface area (Å²) in [6.07, 6.45) is 0.277. The summed E-state index contributed by atoms with van der Waals surface area (Å²) in [5.74, 6) is 1.46. The number of methoxy groups -OCH3 is 2. The molecule has 0 amide bonds. The van der Waals surface area contributed by atoms with Gasteiger partial charge in [0.05, 0.1) is 26.9 Å². The molecule has 1 fully saturated rings. The van der Waals surface area contributed by atoms with Gasteiger partial charge in [-0.25, -0.2) is 4.79 Å². The van der Waals surface area contributed by atoms with Gasteiger partial charge in [0.1, 0.15) is 37.7 Å². The lowest BCUT2D eigenvalue weighted by molar-refractivity contribution is -0.0913. The maximum Gasteiger partial charge on any atom is 0.330 e. The first kappa shape index (κ1) is 35.5. The van der Waals surface area contributed by atoms with Crippen LogP contribution in [0.3, 0.4) is 0 Å². The van der Waals surface area contributed by atoms with Crippen LogP contribution in [0.5, 0.6) is 11.5 Å². The van der Waals surface area contributed by atoms with Gasteiger partial charge in [0.25, 0.3) is 5.56 Å². The van der Waals surface area contributed by atoms with Gasteiger partial charge < -0.3 is 23.5 Å². The van der Waals surface area contributed by atoms with Crippen LogP contribution in [0.25, 0.3) is 0 Å². The molecule has 1 saturated heterocycles. The van der Waals surface area contributed by atoms with Crippen LogP contribution in [0.2, 0.25) is 0 Å². The zero-order valence-electron chi connectivity index (χ0n) is 28.7. The third-order valence-corrected chi connectivity index (χ3v) is 10.8. The molecule has 1 aliphatic rings. The van der Waals surface area contributed by atoms with Crippen molar-refractivity contribution in [1.29, 1.82) is 0 Å². The lowest BCUT2D eigenvalue weighted by atomic mass is 9.80.